The molecule has 2 rings (SSSR count). The first kappa shape index (κ1) is 13.8. The van der Waals surface area contributed by atoms with Crippen LogP contribution in [-0.4, -0.2) is 9.97 Å². The average molecular weight is 277 g/mol. The van der Waals surface area contributed by atoms with Crippen LogP contribution in [0.3, 0.4) is 0 Å². The molecule has 1 aromatic carbocycles. The van der Waals surface area contributed by atoms with Crippen molar-refractivity contribution < 1.29 is 4.74 Å². The van der Waals surface area contributed by atoms with E-state index in [1.165, 1.54) is 0 Å². The first-order valence-electron chi connectivity index (χ1n) is 6.24. The lowest BCUT2D eigenvalue weighted by Crippen LogP contribution is -2.00. The van der Waals surface area contributed by atoms with Crippen molar-refractivity contribution >= 4 is 11.6 Å². The molecule has 0 saturated carbocycles. The molecule has 0 saturated heterocycles. The van der Waals surface area contributed by atoms with E-state index in [-0.39, 0.29) is 5.92 Å². The van der Waals surface area contributed by atoms with E-state index in [1.807, 2.05) is 39.8 Å². The third-order valence-electron chi connectivity index (χ3n) is 2.62. The van der Waals surface area contributed by atoms with Crippen LogP contribution in [0.25, 0.3) is 0 Å². The zero-order chi connectivity index (χ0) is 14.0. The molecule has 4 heteroatoms. The van der Waals surface area contributed by atoms with Crippen LogP contribution in [-0.2, 0) is 0 Å². The van der Waals surface area contributed by atoms with Gasteiger partial charge in [0.1, 0.15) is 16.7 Å². The summed E-state index contributed by atoms with van der Waals surface area (Å²) in [5, 5.41) is 0.401. The number of nitrogens with zero attached hydrogens (tertiary/aromatic N) is 2. The zero-order valence-corrected chi connectivity index (χ0v) is 12.3. The molecule has 100 valence electrons. The average Bonchev–Trinajstić information content (AvgIpc) is 2.26. The second kappa shape index (κ2) is 5.57. The Morgan fingerprint density at radius 3 is 2.21 bits per heavy atom. The van der Waals surface area contributed by atoms with Crippen LogP contribution in [0.15, 0.2) is 24.3 Å². The van der Waals surface area contributed by atoms with Crippen molar-refractivity contribution in [2.45, 2.75) is 33.6 Å². The van der Waals surface area contributed by atoms with Gasteiger partial charge in [0.25, 0.3) is 0 Å². The Balaban J connectivity index is 2.32. The molecule has 1 heterocycles. The maximum absolute atomic E-state index is 5.99. The van der Waals surface area contributed by atoms with Gasteiger partial charge in [0.2, 0.25) is 5.88 Å². The molecule has 3 nitrogen and oxygen atoms in total. The van der Waals surface area contributed by atoms with Crippen LogP contribution in [0, 0.1) is 13.8 Å². The first-order chi connectivity index (χ1) is 8.94. The highest BCUT2D eigenvalue weighted by molar-refractivity contribution is 6.29. The summed E-state index contributed by atoms with van der Waals surface area (Å²) in [6.07, 6.45) is 0. The van der Waals surface area contributed by atoms with Gasteiger partial charge < -0.3 is 4.74 Å². The van der Waals surface area contributed by atoms with E-state index in [2.05, 4.69) is 16.0 Å². The molecular formula is C15H17ClN2O. The van der Waals surface area contributed by atoms with Crippen LogP contribution < -0.4 is 4.74 Å². The van der Waals surface area contributed by atoms with Gasteiger partial charge >= 0.3 is 0 Å². The lowest BCUT2D eigenvalue weighted by atomic mass is 10.1. The second-order valence-electron chi connectivity index (χ2n) is 4.97. The van der Waals surface area contributed by atoms with Gasteiger partial charge in [-0.3, -0.25) is 0 Å². The monoisotopic (exact) mass is 276 g/mol. The summed E-state index contributed by atoms with van der Waals surface area (Å²) >= 11 is 5.99. The van der Waals surface area contributed by atoms with E-state index in [0.29, 0.717) is 16.9 Å². The predicted octanol–water partition coefficient (Wildman–Crippen LogP) is 4.66. The number of aryl methyl sites for hydroxylation is 2. The molecule has 0 aliphatic heterocycles. The Morgan fingerprint density at radius 2 is 1.63 bits per heavy atom. The standard InChI is InChI=1S/C15H17ClN2O/c1-9(2)15-17-13(16)8-14(18-15)19-12-6-10(3)5-11(4)7-12/h5-9H,1-4H3. The van der Waals surface area contributed by atoms with Gasteiger partial charge in [-0.2, -0.15) is 4.98 Å². The first-order valence-corrected chi connectivity index (χ1v) is 6.62. The van der Waals surface area contributed by atoms with E-state index in [9.17, 15) is 0 Å². The van der Waals surface area contributed by atoms with Gasteiger partial charge in [-0.25, -0.2) is 4.98 Å². The molecule has 1 aromatic heterocycles. The minimum atomic E-state index is 0.209. The van der Waals surface area contributed by atoms with Crippen LogP contribution >= 0.6 is 11.6 Å². The molecule has 0 aliphatic carbocycles. The minimum absolute atomic E-state index is 0.209. The summed E-state index contributed by atoms with van der Waals surface area (Å²) in [5.41, 5.74) is 2.30. The Morgan fingerprint density at radius 1 is 1.00 bits per heavy atom. The summed E-state index contributed by atoms with van der Waals surface area (Å²) < 4.78 is 5.78. The van der Waals surface area contributed by atoms with Crippen molar-refractivity contribution in [2.75, 3.05) is 0 Å². The number of hydrogen-bond donors (Lipinski definition) is 0. The van der Waals surface area contributed by atoms with Gasteiger partial charge in [-0.05, 0) is 37.1 Å². The molecule has 0 aliphatic rings. The Labute approximate surface area is 118 Å². The summed E-state index contributed by atoms with van der Waals surface area (Å²) in [4.78, 5) is 8.55. The fourth-order valence-electron chi connectivity index (χ4n) is 1.84. The maximum Gasteiger partial charge on any atom is 0.224 e. The molecule has 0 atom stereocenters. The smallest absolute Gasteiger partial charge is 0.224 e. The molecule has 0 amide bonds. The maximum atomic E-state index is 5.99. The molecule has 19 heavy (non-hydrogen) atoms. The van der Waals surface area contributed by atoms with Crippen molar-refractivity contribution in [1.29, 1.82) is 0 Å². The van der Waals surface area contributed by atoms with Crippen LogP contribution in [0.4, 0.5) is 0 Å². The molecule has 0 bridgehead atoms. The fraction of sp³-hybridized carbons (Fsp3) is 0.333. The van der Waals surface area contributed by atoms with Crippen molar-refractivity contribution in [1.82, 2.24) is 9.97 Å². The molecule has 2 aromatic rings. The Kier molecular flexibility index (Phi) is 4.05. The highest BCUT2D eigenvalue weighted by atomic mass is 35.5. The van der Waals surface area contributed by atoms with Gasteiger partial charge in [0, 0.05) is 12.0 Å². The van der Waals surface area contributed by atoms with Crippen molar-refractivity contribution in [3.8, 4) is 11.6 Å². The third kappa shape index (κ3) is 3.67. The highest BCUT2D eigenvalue weighted by Crippen LogP contribution is 2.25. The van der Waals surface area contributed by atoms with Crippen molar-refractivity contribution in [3.63, 3.8) is 0 Å². The number of halogens is 1. The SMILES string of the molecule is Cc1cc(C)cc(Oc2cc(Cl)nc(C(C)C)n2)c1. The summed E-state index contributed by atoms with van der Waals surface area (Å²) in [6, 6.07) is 7.67. The molecule has 0 fully saturated rings. The van der Waals surface area contributed by atoms with E-state index < -0.39 is 0 Å². The lowest BCUT2D eigenvalue weighted by molar-refractivity contribution is 0.456. The number of hydrogen-bond acceptors (Lipinski definition) is 3. The minimum Gasteiger partial charge on any atom is -0.439 e. The van der Waals surface area contributed by atoms with Crippen LogP contribution in [0.2, 0.25) is 5.15 Å². The van der Waals surface area contributed by atoms with Crippen molar-refractivity contribution in [2.24, 2.45) is 0 Å². The lowest BCUT2D eigenvalue weighted by Gasteiger charge is -2.10. The Hall–Kier alpha value is -1.61. The van der Waals surface area contributed by atoms with Crippen LogP contribution in [0.1, 0.15) is 36.7 Å². The van der Waals surface area contributed by atoms with E-state index in [0.717, 1.165) is 16.9 Å². The van der Waals surface area contributed by atoms with E-state index in [4.69, 9.17) is 16.3 Å². The number of benzene rings is 1. The Bertz CT molecular complexity index is 576. The highest BCUT2D eigenvalue weighted by Gasteiger charge is 2.09. The van der Waals surface area contributed by atoms with Gasteiger partial charge in [-0.15, -0.1) is 0 Å². The summed E-state index contributed by atoms with van der Waals surface area (Å²) in [6.45, 7) is 8.11. The van der Waals surface area contributed by atoms with E-state index >= 15 is 0 Å². The third-order valence-corrected chi connectivity index (χ3v) is 2.82. The van der Waals surface area contributed by atoms with Gasteiger partial charge in [0.15, 0.2) is 0 Å². The van der Waals surface area contributed by atoms with Gasteiger partial charge in [-0.1, -0.05) is 31.5 Å². The number of aromatic nitrogens is 2. The number of rotatable bonds is 3. The topological polar surface area (TPSA) is 35.0 Å². The van der Waals surface area contributed by atoms with E-state index in [1.54, 1.807) is 6.07 Å². The molecular weight excluding hydrogens is 260 g/mol. The normalized spacial score (nSPS) is 10.8. The molecule has 0 radical (unpaired) electrons. The van der Waals surface area contributed by atoms with Crippen molar-refractivity contribution in [3.05, 3.63) is 46.4 Å². The quantitative estimate of drug-likeness (QED) is 0.765. The number of ether oxygens (including phenoxy) is 1. The summed E-state index contributed by atoms with van der Waals surface area (Å²) in [5.74, 6) is 2.14. The zero-order valence-electron chi connectivity index (χ0n) is 11.6. The second-order valence-corrected chi connectivity index (χ2v) is 5.35. The molecule has 0 N–H and O–H groups in total. The van der Waals surface area contributed by atoms with Gasteiger partial charge in [0.05, 0.1) is 0 Å². The molecule has 0 spiro atoms. The fourth-order valence-corrected chi connectivity index (χ4v) is 2.02. The largest absolute Gasteiger partial charge is 0.439 e. The molecule has 0 unspecified atom stereocenters. The predicted molar refractivity (Wildman–Crippen MR) is 77.1 cm³/mol. The summed E-state index contributed by atoms with van der Waals surface area (Å²) in [7, 11) is 0. The van der Waals surface area contributed by atoms with Crippen LogP contribution in [0.5, 0.6) is 11.6 Å².